The SMILES string of the molecule is CN(C)CCOc1cc(F)c2c(c1)N(C)C(O)C21CCN(c2nc3c(c(=O)[nH]2)CCCN3C)CC1. The fraction of sp³-hybridized carbons (Fsp3) is 0.600. The molecule has 0 bridgehead atoms. The zero-order chi connectivity index (χ0) is 24.9. The molecule has 35 heavy (non-hydrogen) atoms. The lowest BCUT2D eigenvalue weighted by atomic mass is 9.72. The molecule has 9 nitrogen and oxygen atoms in total. The van der Waals surface area contributed by atoms with Gasteiger partial charge in [-0.3, -0.25) is 9.78 Å². The minimum Gasteiger partial charge on any atom is -0.492 e. The second kappa shape index (κ2) is 8.98. The van der Waals surface area contributed by atoms with E-state index in [1.807, 2.05) is 41.9 Å². The highest BCUT2D eigenvalue weighted by atomic mass is 19.1. The van der Waals surface area contributed by atoms with Crippen molar-refractivity contribution < 1.29 is 14.2 Å². The molecule has 10 heteroatoms. The molecule has 1 aromatic heterocycles. The van der Waals surface area contributed by atoms with Crippen molar-refractivity contribution in [2.45, 2.75) is 37.3 Å². The van der Waals surface area contributed by atoms with Crippen LogP contribution in [0.2, 0.25) is 0 Å². The van der Waals surface area contributed by atoms with Crippen LogP contribution in [0.15, 0.2) is 16.9 Å². The van der Waals surface area contributed by atoms with E-state index in [2.05, 4.69) is 4.98 Å². The van der Waals surface area contributed by atoms with Crippen LogP contribution >= 0.6 is 0 Å². The Morgan fingerprint density at radius 2 is 2.00 bits per heavy atom. The summed E-state index contributed by atoms with van der Waals surface area (Å²) in [7, 11) is 7.68. The van der Waals surface area contributed by atoms with Crippen LogP contribution in [0.1, 0.15) is 30.4 Å². The number of halogens is 1. The predicted octanol–water partition coefficient (Wildman–Crippen LogP) is 1.54. The lowest BCUT2D eigenvalue weighted by Crippen LogP contribution is -2.51. The maximum absolute atomic E-state index is 15.5. The number of fused-ring (bicyclic) bond motifs is 3. The molecule has 190 valence electrons. The van der Waals surface area contributed by atoms with Crippen molar-refractivity contribution in [3.05, 3.63) is 39.4 Å². The standard InChI is InChI=1S/C25H35FN6O3/c1-29(2)12-13-35-16-14-18(26)20-19(15-16)31(4)23(34)25(20)7-10-32(11-8-25)24-27-21-17(22(33)28-24)6-5-9-30(21)3/h14-15,23,34H,5-13H2,1-4H3,(H,27,28,33). The third-order valence-electron chi connectivity index (χ3n) is 7.81. The van der Waals surface area contributed by atoms with Gasteiger partial charge in [-0.05, 0) is 39.8 Å². The topological polar surface area (TPSA) is 88.2 Å². The summed E-state index contributed by atoms with van der Waals surface area (Å²) < 4.78 is 21.3. The number of hydrogen-bond acceptors (Lipinski definition) is 8. The maximum Gasteiger partial charge on any atom is 0.257 e. The van der Waals surface area contributed by atoms with Crippen LogP contribution in [-0.4, -0.2) is 87.2 Å². The number of rotatable bonds is 5. The van der Waals surface area contributed by atoms with E-state index in [4.69, 9.17) is 9.72 Å². The Labute approximate surface area is 205 Å². The smallest absolute Gasteiger partial charge is 0.257 e. The lowest BCUT2D eigenvalue weighted by Gasteiger charge is -2.42. The summed E-state index contributed by atoms with van der Waals surface area (Å²) in [6, 6.07) is 3.27. The van der Waals surface area contributed by atoms with Gasteiger partial charge >= 0.3 is 0 Å². The number of aromatic nitrogens is 2. The number of anilines is 3. The normalized spacial score (nSPS) is 21.0. The molecule has 0 amide bonds. The molecule has 1 aromatic carbocycles. The number of nitrogens with one attached hydrogen (secondary N) is 1. The first-order chi connectivity index (χ1) is 16.7. The fourth-order valence-electron chi connectivity index (χ4n) is 5.79. The fourth-order valence-corrected chi connectivity index (χ4v) is 5.79. The number of aliphatic hydroxyl groups excluding tert-OH is 1. The summed E-state index contributed by atoms with van der Waals surface area (Å²) in [6.07, 6.45) is 1.92. The molecule has 0 saturated carbocycles. The van der Waals surface area contributed by atoms with Gasteiger partial charge in [0.2, 0.25) is 5.95 Å². The Balaban J connectivity index is 1.39. The van der Waals surface area contributed by atoms with E-state index in [0.29, 0.717) is 55.5 Å². The number of aromatic amines is 1. The quantitative estimate of drug-likeness (QED) is 0.658. The van der Waals surface area contributed by atoms with Crippen LogP contribution in [0.25, 0.3) is 0 Å². The van der Waals surface area contributed by atoms with E-state index < -0.39 is 11.6 Å². The van der Waals surface area contributed by atoms with Gasteiger partial charge in [-0.1, -0.05) is 0 Å². The van der Waals surface area contributed by atoms with Crippen molar-refractivity contribution in [1.29, 1.82) is 0 Å². The molecule has 4 heterocycles. The van der Waals surface area contributed by atoms with Gasteiger partial charge in [-0.2, -0.15) is 4.98 Å². The Morgan fingerprint density at radius 1 is 1.26 bits per heavy atom. The van der Waals surface area contributed by atoms with Crippen molar-refractivity contribution in [2.24, 2.45) is 0 Å². The molecule has 1 atom stereocenters. The average molecular weight is 487 g/mol. The number of piperidine rings is 1. The second-order valence-electron chi connectivity index (χ2n) is 10.3. The van der Waals surface area contributed by atoms with Gasteiger partial charge in [-0.25, -0.2) is 4.39 Å². The van der Waals surface area contributed by atoms with Crippen molar-refractivity contribution in [3.63, 3.8) is 0 Å². The van der Waals surface area contributed by atoms with Gasteiger partial charge in [0.15, 0.2) is 0 Å². The maximum atomic E-state index is 15.5. The first-order valence-electron chi connectivity index (χ1n) is 12.3. The minimum atomic E-state index is -0.840. The number of H-pyrrole nitrogens is 1. The van der Waals surface area contributed by atoms with E-state index in [1.165, 1.54) is 6.07 Å². The van der Waals surface area contributed by atoms with Gasteiger partial charge < -0.3 is 29.4 Å². The molecule has 1 unspecified atom stereocenters. The molecule has 0 radical (unpaired) electrons. The highest BCUT2D eigenvalue weighted by Crippen LogP contribution is 2.52. The van der Waals surface area contributed by atoms with Crippen LogP contribution in [0.4, 0.5) is 21.8 Å². The predicted molar refractivity (Wildman–Crippen MR) is 134 cm³/mol. The Hall–Kier alpha value is -2.85. The van der Waals surface area contributed by atoms with Crippen LogP contribution < -0.4 is 25.0 Å². The van der Waals surface area contributed by atoms with E-state index in [9.17, 15) is 9.90 Å². The number of hydrogen-bond donors (Lipinski definition) is 2. The average Bonchev–Trinajstić information content (AvgIpc) is 3.02. The molecule has 3 aliphatic rings. The minimum absolute atomic E-state index is 0.0874. The number of aliphatic hydroxyl groups is 1. The van der Waals surface area contributed by atoms with E-state index >= 15 is 4.39 Å². The first kappa shape index (κ1) is 23.9. The Kier molecular flexibility index (Phi) is 6.13. The number of benzene rings is 1. The van der Waals surface area contributed by atoms with Gasteiger partial charge in [0.1, 0.15) is 30.2 Å². The third kappa shape index (κ3) is 4.02. The molecule has 1 saturated heterocycles. The van der Waals surface area contributed by atoms with E-state index in [1.54, 1.807) is 11.9 Å². The van der Waals surface area contributed by atoms with Gasteiger partial charge in [-0.15, -0.1) is 0 Å². The highest BCUT2D eigenvalue weighted by molar-refractivity contribution is 5.67. The molecular formula is C25H35FN6O3. The molecule has 1 spiro atoms. The molecule has 0 aliphatic carbocycles. The summed E-state index contributed by atoms with van der Waals surface area (Å²) >= 11 is 0. The summed E-state index contributed by atoms with van der Waals surface area (Å²) in [5.74, 6) is 1.41. The van der Waals surface area contributed by atoms with Crippen molar-refractivity contribution in [1.82, 2.24) is 14.9 Å². The monoisotopic (exact) mass is 486 g/mol. The van der Waals surface area contributed by atoms with Crippen LogP contribution in [0.3, 0.4) is 0 Å². The number of nitrogens with zero attached hydrogens (tertiary/aromatic N) is 5. The molecule has 3 aliphatic heterocycles. The van der Waals surface area contributed by atoms with Crippen LogP contribution in [0, 0.1) is 5.82 Å². The van der Waals surface area contributed by atoms with Gasteiger partial charge in [0.25, 0.3) is 5.56 Å². The van der Waals surface area contributed by atoms with Crippen molar-refractivity contribution >= 4 is 17.5 Å². The van der Waals surface area contributed by atoms with E-state index in [-0.39, 0.29) is 11.4 Å². The molecule has 2 N–H and O–H groups in total. The summed E-state index contributed by atoms with van der Waals surface area (Å²) in [4.78, 5) is 28.3. The van der Waals surface area contributed by atoms with E-state index in [0.717, 1.165) is 37.3 Å². The van der Waals surface area contributed by atoms with Gasteiger partial charge in [0.05, 0.1) is 5.56 Å². The molecular weight excluding hydrogens is 451 g/mol. The first-order valence-corrected chi connectivity index (χ1v) is 12.3. The summed E-state index contributed by atoms with van der Waals surface area (Å²) in [6.45, 7) is 3.17. The summed E-state index contributed by atoms with van der Waals surface area (Å²) in [5, 5.41) is 11.3. The zero-order valence-electron chi connectivity index (χ0n) is 21.0. The Morgan fingerprint density at radius 3 is 2.71 bits per heavy atom. The number of likely N-dealkylation sites (N-methyl/N-ethyl adjacent to an activating group) is 2. The van der Waals surface area contributed by atoms with Crippen molar-refractivity contribution in [3.8, 4) is 5.75 Å². The number of ether oxygens (including phenoxy) is 1. The second-order valence-corrected chi connectivity index (χ2v) is 10.3. The lowest BCUT2D eigenvalue weighted by molar-refractivity contribution is 0.0748. The Bertz CT molecular complexity index is 1160. The highest BCUT2D eigenvalue weighted by Gasteiger charge is 2.52. The van der Waals surface area contributed by atoms with Gasteiger partial charge in [0, 0.05) is 69.1 Å². The van der Waals surface area contributed by atoms with Crippen LogP contribution in [0.5, 0.6) is 5.75 Å². The zero-order valence-corrected chi connectivity index (χ0v) is 21.0. The van der Waals surface area contributed by atoms with Crippen molar-refractivity contribution in [2.75, 3.05) is 75.7 Å². The molecule has 5 rings (SSSR count). The summed E-state index contributed by atoms with van der Waals surface area (Å²) in [5.41, 5.74) is 1.16. The largest absolute Gasteiger partial charge is 0.492 e. The van der Waals surface area contributed by atoms with Crippen LogP contribution in [-0.2, 0) is 11.8 Å². The molecule has 1 fully saturated rings. The third-order valence-corrected chi connectivity index (χ3v) is 7.81. The molecule has 2 aromatic rings.